The smallest absolute Gasteiger partial charge is 0.273 e. The highest BCUT2D eigenvalue weighted by atomic mass is 16.5. The lowest BCUT2D eigenvalue weighted by molar-refractivity contribution is -0.0824. The highest BCUT2D eigenvalue weighted by molar-refractivity contribution is 5.93. The number of aliphatic hydroxyl groups excluding tert-OH is 1. The van der Waals surface area contributed by atoms with E-state index in [0.29, 0.717) is 25.1 Å². The molecule has 2 aliphatic rings. The lowest BCUT2D eigenvalue weighted by atomic mass is 9.79. The monoisotopic (exact) mass is 334 g/mol. The van der Waals surface area contributed by atoms with Gasteiger partial charge in [0.25, 0.3) is 5.91 Å². The van der Waals surface area contributed by atoms with Crippen LogP contribution in [-0.4, -0.2) is 57.3 Å². The summed E-state index contributed by atoms with van der Waals surface area (Å²) in [4.78, 5) is 23.2. The molecule has 2 unspecified atom stereocenters. The maximum absolute atomic E-state index is 13.0. The molecule has 3 N–H and O–H groups in total. The minimum absolute atomic E-state index is 0.116. The van der Waals surface area contributed by atoms with Crippen molar-refractivity contribution in [2.24, 2.45) is 0 Å². The van der Waals surface area contributed by atoms with Crippen molar-refractivity contribution in [3.05, 3.63) is 17.5 Å². The lowest BCUT2D eigenvalue weighted by Gasteiger charge is -2.42. The molecule has 0 aromatic carbocycles. The van der Waals surface area contributed by atoms with Crippen LogP contribution in [0.4, 0.5) is 5.95 Å². The molecule has 1 aliphatic heterocycles. The number of methoxy groups -OCH3 is 1. The van der Waals surface area contributed by atoms with Crippen LogP contribution in [0.3, 0.4) is 0 Å². The van der Waals surface area contributed by atoms with Gasteiger partial charge in [0.05, 0.1) is 17.7 Å². The SMILES string of the molecule is CO[C@@]12CCC(O)CC1N(C(=O)c1cc(C(C)C)nc(N)n1)CC2. The molecule has 0 radical (unpaired) electrons. The van der Waals surface area contributed by atoms with Gasteiger partial charge in [0.1, 0.15) is 5.69 Å². The summed E-state index contributed by atoms with van der Waals surface area (Å²) < 4.78 is 5.79. The Balaban J connectivity index is 1.90. The van der Waals surface area contributed by atoms with Crippen LogP contribution in [0.1, 0.15) is 61.6 Å². The van der Waals surface area contributed by atoms with Crippen LogP contribution in [0.2, 0.25) is 0 Å². The van der Waals surface area contributed by atoms with E-state index in [-0.39, 0.29) is 29.4 Å². The second-order valence-corrected chi connectivity index (χ2v) is 7.15. The predicted molar refractivity (Wildman–Crippen MR) is 89.6 cm³/mol. The van der Waals surface area contributed by atoms with Gasteiger partial charge >= 0.3 is 0 Å². The van der Waals surface area contributed by atoms with E-state index in [1.807, 2.05) is 13.8 Å². The standard InChI is InChI=1S/C17H26N4O3/c1-10(2)12-9-13(20-16(18)19-12)15(23)21-7-6-17(24-3)5-4-11(22)8-14(17)21/h9-11,14,22H,4-8H2,1-3H3,(H2,18,19,20)/t11?,14?,17-/m1/s1. The molecule has 2 heterocycles. The zero-order valence-electron chi connectivity index (χ0n) is 14.5. The molecule has 1 saturated heterocycles. The number of carbonyl (C=O) groups excluding carboxylic acids is 1. The number of aromatic nitrogens is 2. The van der Waals surface area contributed by atoms with Crippen LogP contribution in [0.5, 0.6) is 0 Å². The predicted octanol–water partition coefficient (Wildman–Crippen LogP) is 1.33. The molecule has 3 atom stereocenters. The number of hydrogen-bond acceptors (Lipinski definition) is 6. The number of nitrogen functional groups attached to an aromatic ring is 1. The minimum atomic E-state index is -0.395. The maximum atomic E-state index is 13.0. The average Bonchev–Trinajstić information content (AvgIpc) is 2.92. The van der Waals surface area contributed by atoms with Gasteiger partial charge in [0.15, 0.2) is 0 Å². The Kier molecular flexibility index (Phi) is 4.48. The highest BCUT2D eigenvalue weighted by Gasteiger charge is 2.52. The molecule has 0 bridgehead atoms. The highest BCUT2D eigenvalue weighted by Crippen LogP contribution is 2.42. The molecule has 1 aromatic rings. The zero-order valence-corrected chi connectivity index (χ0v) is 14.5. The lowest BCUT2D eigenvalue weighted by Crippen LogP contribution is -2.52. The van der Waals surface area contributed by atoms with Crippen molar-refractivity contribution in [1.29, 1.82) is 0 Å². The van der Waals surface area contributed by atoms with Crippen molar-refractivity contribution in [2.45, 2.75) is 63.2 Å². The van der Waals surface area contributed by atoms with Gasteiger partial charge in [-0.2, -0.15) is 0 Å². The van der Waals surface area contributed by atoms with E-state index >= 15 is 0 Å². The van der Waals surface area contributed by atoms with Gasteiger partial charge in [-0.15, -0.1) is 0 Å². The van der Waals surface area contributed by atoms with E-state index < -0.39 is 6.10 Å². The summed E-state index contributed by atoms with van der Waals surface area (Å²) in [6, 6.07) is 1.59. The molecule has 2 fully saturated rings. The van der Waals surface area contributed by atoms with Crippen LogP contribution in [-0.2, 0) is 4.74 Å². The van der Waals surface area contributed by atoms with Crippen molar-refractivity contribution in [2.75, 3.05) is 19.4 Å². The molecule has 0 spiro atoms. The van der Waals surface area contributed by atoms with Crippen molar-refractivity contribution < 1.29 is 14.6 Å². The first-order valence-corrected chi connectivity index (χ1v) is 8.55. The van der Waals surface area contributed by atoms with Gasteiger partial charge in [-0.3, -0.25) is 4.79 Å². The van der Waals surface area contributed by atoms with Crippen LogP contribution < -0.4 is 5.73 Å². The number of nitrogens with zero attached hydrogens (tertiary/aromatic N) is 3. The number of anilines is 1. The fraction of sp³-hybridized carbons (Fsp3) is 0.706. The second-order valence-electron chi connectivity index (χ2n) is 7.15. The topological polar surface area (TPSA) is 102 Å². The van der Waals surface area contributed by atoms with Gasteiger partial charge in [0, 0.05) is 19.3 Å². The first-order valence-electron chi connectivity index (χ1n) is 8.55. The fourth-order valence-electron chi connectivity index (χ4n) is 3.96. The Morgan fingerprint density at radius 2 is 2.21 bits per heavy atom. The van der Waals surface area contributed by atoms with E-state index in [1.54, 1.807) is 18.1 Å². The van der Waals surface area contributed by atoms with E-state index in [1.165, 1.54) is 0 Å². The van der Waals surface area contributed by atoms with Crippen LogP contribution in [0, 0.1) is 0 Å². The summed E-state index contributed by atoms with van der Waals surface area (Å²) in [5.74, 6) is 0.115. The van der Waals surface area contributed by atoms with E-state index in [9.17, 15) is 9.90 Å². The zero-order chi connectivity index (χ0) is 17.5. The quantitative estimate of drug-likeness (QED) is 0.864. The Morgan fingerprint density at radius 3 is 2.88 bits per heavy atom. The molecule has 1 saturated carbocycles. The average molecular weight is 334 g/mol. The van der Waals surface area contributed by atoms with Gasteiger partial charge < -0.3 is 20.5 Å². The number of likely N-dealkylation sites (tertiary alicyclic amines) is 1. The normalized spacial score (nSPS) is 29.8. The first kappa shape index (κ1) is 17.1. The van der Waals surface area contributed by atoms with Crippen molar-refractivity contribution in [1.82, 2.24) is 14.9 Å². The number of fused-ring (bicyclic) bond motifs is 1. The molecular weight excluding hydrogens is 308 g/mol. The molecule has 1 aromatic heterocycles. The maximum Gasteiger partial charge on any atom is 0.273 e. The van der Waals surface area contributed by atoms with Crippen molar-refractivity contribution in [3.63, 3.8) is 0 Å². The minimum Gasteiger partial charge on any atom is -0.393 e. The third-order valence-electron chi connectivity index (χ3n) is 5.40. The van der Waals surface area contributed by atoms with Gasteiger partial charge in [0.2, 0.25) is 5.95 Å². The van der Waals surface area contributed by atoms with Crippen molar-refractivity contribution >= 4 is 11.9 Å². The van der Waals surface area contributed by atoms with Crippen molar-refractivity contribution in [3.8, 4) is 0 Å². The molecule has 7 heteroatoms. The number of amides is 1. The first-order chi connectivity index (χ1) is 11.4. The third-order valence-corrected chi connectivity index (χ3v) is 5.40. The molecule has 24 heavy (non-hydrogen) atoms. The Bertz CT molecular complexity index is 636. The van der Waals surface area contributed by atoms with Gasteiger partial charge in [-0.05, 0) is 37.7 Å². The summed E-state index contributed by atoms with van der Waals surface area (Å²) in [7, 11) is 1.69. The van der Waals surface area contributed by atoms with Crippen LogP contribution in [0.15, 0.2) is 6.07 Å². The Hall–Kier alpha value is -1.73. The van der Waals surface area contributed by atoms with E-state index in [2.05, 4.69) is 9.97 Å². The number of ether oxygens (including phenoxy) is 1. The molecular formula is C17H26N4O3. The number of aliphatic hydroxyl groups is 1. The Labute approximate surface area is 142 Å². The summed E-state index contributed by atoms with van der Waals surface area (Å²) in [6.45, 7) is 4.60. The van der Waals surface area contributed by atoms with E-state index in [0.717, 1.165) is 18.5 Å². The summed E-state index contributed by atoms with van der Waals surface area (Å²) in [5.41, 5.74) is 6.50. The molecule has 7 nitrogen and oxygen atoms in total. The van der Waals surface area contributed by atoms with Gasteiger partial charge in [-0.1, -0.05) is 13.8 Å². The molecule has 3 rings (SSSR count). The number of hydrogen-bond donors (Lipinski definition) is 2. The van der Waals surface area contributed by atoms with E-state index in [4.69, 9.17) is 10.5 Å². The van der Waals surface area contributed by atoms with Crippen LogP contribution >= 0.6 is 0 Å². The second kappa shape index (κ2) is 6.29. The third kappa shape index (κ3) is 2.86. The molecule has 132 valence electrons. The van der Waals surface area contributed by atoms with Gasteiger partial charge in [-0.25, -0.2) is 9.97 Å². The summed E-state index contributed by atoms with van der Waals surface area (Å²) in [5, 5.41) is 10.1. The summed E-state index contributed by atoms with van der Waals surface area (Å²) >= 11 is 0. The molecule has 1 amide bonds. The number of nitrogens with two attached hydrogens (primary N) is 1. The van der Waals surface area contributed by atoms with Crippen LogP contribution in [0.25, 0.3) is 0 Å². The molecule has 1 aliphatic carbocycles. The number of rotatable bonds is 3. The largest absolute Gasteiger partial charge is 0.393 e. The number of carbonyl (C=O) groups is 1. The summed E-state index contributed by atoms with van der Waals surface area (Å²) in [6.07, 6.45) is 2.40. The fourth-order valence-corrected chi connectivity index (χ4v) is 3.96. The Morgan fingerprint density at radius 1 is 1.46 bits per heavy atom.